The maximum atomic E-state index is 13.7. The summed E-state index contributed by atoms with van der Waals surface area (Å²) in [5.41, 5.74) is 2.03. The number of hydrogen-bond donors (Lipinski definition) is 3. The number of carbonyl (C=O) groups is 2. The van der Waals surface area contributed by atoms with Crippen molar-refractivity contribution in [3.8, 4) is 16.9 Å². The van der Waals surface area contributed by atoms with E-state index in [2.05, 4.69) is 20.6 Å². The Hall–Kier alpha value is -4.83. The van der Waals surface area contributed by atoms with Gasteiger partial charge in [-0.25, -0.2) is 9.97 Å². The molecule has 42 heavy (non-hydrogen) atoms. The van der Waals surface area contributed by atoms with Gasteiger partial charge in [-0.2, -0.15) is 0 Å². The van der Waals surface area contributed by atoms with Gasteiger partial charge in [0.05, 0.1) is 18.8 Å². The summed E-state index contributed by atoms with van der Waals surface area (Å²) in [6.45, 7) is 1.43. The van der Waals surface area contributed by atoms with Gasteiger partial charge in [-0.1, -0.05) is 11.6 Å². The molecule has 1 atom stereocenters. The third-order valence-electron chi connectivity index (χ3n) is 6.93. The molecule has 10 nitrogen and oxygen atoms in total. The molecule has 0 bridgehead atoms. The Balaban J connectivity index is 1.53. The van der Waals surface area contributed by atoms with Gasteiger partial charge >= 0.3 is 0 Å². The number of aromatic nitrogens is 3. The van der Waals surface area contributed by atoms with Gasteiger partial charge in [-0.3, -0.25) is 19.0 Å². The summed E-state index contributed by atoms with van der Waals surface area (Å²) in [6, 6.07) is 10.7. The molecule has 2 aromatic carbocycles. The number of benzene rings is 2. The van der Waals surface area contributed by atoms with Crippen molar-refractivity contribution in [2.24, 2.45) is 0 Å². The number of nitrogens with zero attached hydrogens (tertiary/aromatic N) is 3. The van der Waals surface area contributed by atoms with Crippen molar-refractivity contribution in [2.75, 3.05) is 12.4 Å². The van der Waals surface area contributed by atoms with Crippen LogP contribution in [0.1, 0.15) is 42.6 Å². The molecule has 1 fully saturated rings. The van der Waals surface area contributed by atoms with Crippen LogP contribution in [0.2, 0.25) is 5.02 Å². The fraction of sp³-hybridized carbons (Fsp3) is 0.226. The maximum absolute atomic E-state index is 13.7. The van der Waals surface area contributed by atoms with Crippen molar-refractivity contribution in [2.45, 2.75) is 38.3 Å². The minimum Gasteiger partial charge on any atom is -0.495 e. The summed E-state index contributed by atoms with van der Waals surface area (Å²) >= 11 is 6.23. The normalized spacial score (nSPS) is 13.6. The Morgan fingerprint density at radius 1 is 1.19 bits per heavy atom. The van der Waals surface area contributed by atoms with Crippen LogP contribution in [0, 0.1) is 5.41 Å². The fourth-order valence-electron chi connectivity index (χ4n) is 4.61. The third kappa shape index (κ3) is 6.55. The first kappa shape index (κ1) is 28.7. The van der Waals surface area contributed by atoms with E-state index in [4.69, 9.17) is 21.7 Å². The molecular formula is C31H29ClN6O4. The van der Waals surface area contributed by atoms with Gasteiger partial charge in [0.1, 0.15) is 18.1 Å². The van der Waals surface area contributed by atoms with Crippen molar-refractivity contribution < 1.29 is 14.3 Å². The number of pyridine rings is 1. The number of hydrogen-bond acceptors (Lipinski definition) is 8. The van der Waals surface area contributed by atoms with Gasteiger partial charge < -0.3 is 20.8 Å². The summed E-state index contributed by atoms with van der Waals surface area (Å²) in [5.74, 6) is -0.438. The van der Waals surface area contributed by atoms with E-state index in [1.54, 1.807) is 54.9 Å². The van der Waals surface area contributed by atoms with Crippen LogP contribution < -0.4 is 20.9 Å². The number of fused-ring (bicyclic) bond motifs is 1. The zero-order valence-corrected chi connectivity index (χ0v) is 23.8. The molecule has 1 amide bonds. The van der Waals surface area contributed by atoms with Gasteiger partial charge in [-0.15, -0.1) is 0 Å². The van der Waals surface area contributed by atoms with Crippen LogP contribution in [0.5, 0.6) is 5.75 Å². The Labute approximate surface area is 246 Å². The highest BCUT2D eigenvalue weighted by Gasteiger charge is 2.26. The maximum Gasteiger partial charge on any atom is 0.252 e. The van der Waals surface area contributed by atoms with Crippen molar-refractivity contribution in [3.63, 3.8) is 0 Å². The predicted octanol–water partition coefficient (Wildman–Crippen LogP) is 5.18. The van der Waals surface area contributed by atoms with Gasteiger partial charge in [0.2, 0.25) is 5.91 Å². The summed E-state index contributed by atoms with van der Waals surface area (Å²) in [6.07, 6.45) is 9.91. The van der Waals surface area contributed by atoms with Crippen LogP contribution in [-0.2, 0) is 4.79 Å². The fourth-order valence-corrected chi connectivity index (χ4v) is 4.78. The first-order valence-electron chi connectivity index (χ1n) is 13.3. The monoisotopic (exact) mass is 584 g/mol. The van der Waals surface area contributed by atoms with Gasteiger partial charge in [0.25, 0.3) is 5.56 Å². The highest BCUT2D eigenvalue weighted by atomic mass is 35.5. The van der Waals surface area contributed by atoms with Crippen LogP contribution in [0.4, 0.5) is 5.69 Å². The number of anilines is 1. The van der Waals surface area contributed by atoms with E-state index in [-0.39, 0.29) is 23.7 Å². The summed E-state index contributed by atoms with van der Waals surface area (Å²) < 4.78 is 6.88. The van der Waals surface area contributed by atoms with Crippen molar-refractivity contribution in [1.29, 1.82) is 5.41 Å². The zero-order chi connectivity index (χ0) is 29.8. The number of ether oxygens (including phenoxy) is 1. The number of Topliss-reactive ketones (excluding diaryl/α,β-unsaturated/α-hetero) is 1. The average molecular weight is 585 g/mol. The molecule has 0 saturated heterocycles. The molecule has 5 rings (SSSR count). The van der Waals surface area contributed by atoms with Gasteiger partial charge in [0.15, 0.2) is 5.78 Å². The summed E-state index contributed by atoms with van der Waals surface area (Å²) in [5, 5.41) is 15.7. The minimum absolute atomic E-state index is 0.0658. The van der Waals surface area contributed by atoms with Crippen molar-refractivity contribution in [3.05, 3.63) is 94.4 Å². The molecule has 1 saturated carbocycles. The lowest BCUT2D eigenvalue weighted by Gasteiger charge is -2.21. The molecule has 4 aromatic rings. The van der Waals surface area contributed by atoms with E-state index in [0.29, 0.717) is 33.4 Å². The average Bonchev–Trinajstić information content (AvgIpc) is 3.80. The quantitative estimate of drug-likeness (QED) is 0.163. The second kappa shape index (κ2) is 12.4. The van der Waals surface area contributed by atoms with Crippen LogP contribution >= 0.6 is 11.6 Å². The van der Waals surface area contributed by atoms with Crippen LogP contribution in [0.3, 0.4) is 0 Å². The molecule has 0 spiro atoms. The lowest BCUT2D eigenvalue weighted by atomic mass is 9.97. The Morgan fingerprint density at radius 3 is 2.74 bits per heavy atom. The molecule has 2 heterocycles. The molecule has 214 valence electrons. The Bertz CT molecular complexity index is 1780. The predicted molar refractivity (Wildman–Crippen MR) is 163 cm³/mol. The molecular weight excluding hydrogens is 556 g/mol. The van der Waals surface area contributed by atoms with E-state index in [9.17, 15) is 14.4 Å². The first-order chi connectivity index (χ1) is 20.2. The molecule has 11 heteroatoms. The SMILES string of the molecule is COc1cn(C(CC(=N)/C=C\NC2CC2)C(=O)Nc2ccc3ncncc3c2)c(=O)cc1-c1cc(Cl)ccc1C(C)=O. The van der Waals surface area contributed by atoms with Crippen LogP contribution in [0.15, 0.2) is 78.3 Å². The molecule has 1 unspecified atom stereocenters. The van der Waals surface area contributed by atoms with E-state index in [1.165, 1.54) is 37.2 Å². The van der Waals surface area contributed by atoms with E-state index < -0.39 is 17.5 Å². The standard InChI is InChI=1S/C31H29ClN6O4/c1-18(39)24-7-3-20(32)12-25(24)26-14-30(40)38(16-29(26)42-2)28(13-21(33)9-10-35-22-4-5-22)31(41)37-23-6-8-27-19(11-23)15-34-17-36-27/h3,6-12,14-17,22,28,33,35H,4-5,13H2,1-2H3,(H,37,41)/b10-9-,33-21?. The van der Waals surface area contributed by atoms with E-state index >= 15 is 0 Å². The third-order valence-corrected chi connectivity index (χ3v) is 7.17. The number of rotatable bonds is 11. The van der Waals surface area contributed by atoms with Crippen LogP contribution in [-0.4, -0.2) is 45.1 Å². The number of halogens is 1. The number of nitrogens with one attached hydrogen (secondary N) is 3. The number of methoxy groups -OCH3 is 1. The summed E-state index contributed by atoms with van der Waals surface area (Å²) in [4.78, 5) is 47.9. The van der Waals surface area contributed by atoms with Gasteiger partial charge in [0, 0.05) is 57.7 Å². The van der Waals surface area contributed by atoms with E-state index in [1.807, 2.05) is 0 Å². The zero-order valence-electron chi connectivity index (χ0n) is 23.1. The topological polar surface area (TPSA) is 139 Å². The lowest BCUT2D eigenvalue weighted by Crippen LogP contribution is -2.34. The lowest BCUT2D eigenvalue weighted by molar-refractivity contribution is -0.119. The second-order valence-electron chi connectivity index (χ2n) is 10.1. The molecule has 3 N–H and O–H groups in total. The number of amides is 1. The van der Waals surface area contributed by atoms with Crippen molar-refractivity contribution >= 4 is 45.6 Å². The number of allylic oxidation sites excluding steroid dienone is 1. The summed E-state index contributed by atoms with van der Waals surface area (Å²) in [7, 11) is 1.44. The number of carbonyl (C=O) groups excluding carboxylic acids is 2. The van der Waals surface area contributed by atoms with Crippen molar-refractivity contribution in [1.82, 2.24) is 19.9 Å². The minimum atomic E-state index is -1.09. The largest absolute Gasteiger partial charge is 0.495 e. The number of ketones is 1. The van der Waals surface area contributed by atoms with Crippen LogP contribution in [0.25, 0.3) is 22.0 Å². The Kier molecular flexibility index (Phi) is 8.44. The highest BCUT2D eigenvalue weighted by molar-refractivity contribution is 6.31. The molecule has 0 radical (unpaired) electrons. The van der Waals surface area contributed by atoms with Gasteiger partial charge in [-0.05, 0) is 74.0 Å². The Morgan fingerprint density at radius 2 is 2.00 bits per heavy atom. The molecule has 1 aliphatic rings. The smallest absolute Gasteiger partial charge is 0.252 e. The second-order valence-corrected chi connectivity index (χ2v) is 10.5. The van der Waals surface area contributed by atoms with E-state index in [0.717, 1.165) is 23.7 Å². The molecule has 0 aliphatic heterocycles. The molecule has 1 aliphatic carbocycles. The highest BCUT2D eigenvalue weighted by Crippen LogP contribution is 2.34. The first-order valence-corrected chi connectivity index (χ1v) is 13.7. The molecule has 2 aromatic heterocycles.